The summed E-state index contributed by atoms with van der Waals surface area (Å²) in [6, 6.07) is 7.56. The first-order chi connectivity index (χ1) is 12.4. The Bertz CT molecular complexity index is 695. The summed E-state index contributed by atoms with van der Waals surface area (Å²) >= 11 is 0. The van der Waals surface area contributed by atoms with Gasteiger partial charge in [0.15, 0.2) is 0 Å². The lowest BCUT2D eigenvalue weighted by molar-refractivity contribution is -0.140. The lowest BCUT2D eigenvalue weighted by atomic mass is 9.82. The molecule has 0 radical (unpaired) electrons. The number of likely N-dealkylation sites (N-methyl/N-ethyl adjacent to an activating group) is 1. The van der Waals surface area contributed by atoms with Crippen molar-refractivity contribution in [1.82, 2.24) is 20.7 Å². The molecule has 0 bridgehead atoms. The van der Waals surface area contributed by atoms with Crippen LogP contribution in [0.5, 0.6) is 0 Å². The second-order valence-corrected chi connectivity index (χ2v) is 7.41. The molecular formula is C19H26N4O3. The smallest absolute Gasteiger partial charge is 0.322 e. The number of aryl methyl sites for hydroxylation is 1. The Labute approximate surface area is 153 Å². The van der Waals surface area contributed by atoms with Crippen LogP contribution in [0, 0.1) is 6.92 Å². The number of benzene rings is 1. The van der Waals surface area contributed by atoms with Crippen molar-refractivity contribution >= 4 is 17.8 Å². The molecule has 2 fully saturated rings. The number of amides is 4. The van der Waals surface area contributed by atoms with E-state index in [4.69, 9.17) is 0 Å². The minimum atomic E-state index is -0.823. The summed E-state index contributed by atoms with van der Waals surface area (Å²) < 4.78 is 0. The maximum absolute atomic E-state index is 12.7. The third-order valence-corrected chi connectivity index (χ3v) is 5.09. The fraction of sp³-hybridized carbons (Fsp3) is 0.526. The van der Waals surface area contributed by atoms with Crippen molar-refractivity contribution in [2.24, 2.45) is 0 Å². The Kier molecular flexibility index (Phi) is 5.27. The maximum atomic E-state index is 12.7. The molecule has 140 valence electrons. The summed E-state index contributed by atoms with van der Waals surface area (Å²) in [5.41, 5.74) is 3.93. The summed E-state index contributed by atoms with van der Waals surface area (Å²) in [6.45, 7) is 2.73. The van der Waals surface area contributed by atoms with Crippen LogP contribution in [-0.4, -0.2) is 46.9 Å². The van der Waals surface area contributed by atoms with Gasteiger partial charge in [0.1, 0.15) is 5.54 Å². The van der Waals surface area contributed by atoms with E-state index in [0.29, 0.717) is 19.4 Å². The van der Waals surface area contributed by atoms with E-state index in [9.17, 15) is 14.4 Å². The molecule has 1 heterocycles. The molecule has 1 saturated heterocycles. The van der Waals surface area contributed by atoms with Crippen LogP contribution in [0.15, 0.2) is 24.3 Å². The van der Waals surface area contributed by atoms with Gasteiger partial charge in [-0.2, -0.15) is 5.01 Å². The van der Waals surface area contributed by atoms with Crippen LogP contribution in [0.3, 0.4) is 0 Å². The molecular weight excluding hydrogens is 332 g/mol. The number of nitrogens with one attached hydrogen (secondary N) is 2. The largest absolute Gasteiger partial charge is 0.344 e. The summed E-state index contributed by atoms with van der Waals surface area (Å²) in [4.78, 5) is 39.0. The second kappa shape index (κ2) is 7.45. The normalized spacial score (nSPS) is 19.1. The predicted octanol–water partition coefficient (Wildman–Crippen LogP) is 1.71. The second-order valence-electron chi connectivity index (χ2n) is 7.41. The third-order valence-electron chi connectivity index (χ3n) is 5.09. The molecule has 1 aromatic carbocycles. The Morgan fingerprint density at radius 2 is 1.85 bits per heavy atom. The van der Waals surface area contributed by atoms with E-state index in [-0.39, 0.29) is 18.4 Å². The summed E-state index contributed by atoms with van der Waals surface area (Å²) in [5.74, 6) is -0.715. The zero-order valence-electron chi connectivity index (χ0n) is 15.4. The van der Waals surface area contributed by atoms with Gasteiger partial charge in [0.05, 0.1) is 6.54 Å². The van der Waals surface area contributed by atoms with Crippen molar-refractivity contribution < 1.29 is 14.4 Å². The van der Waals surface area contributed by atoms with Gasteiger partial charge in [-0.25, -0.2) is 4.79 Å². The molecule has 26 heavy (non-hydrogen) atoms. The number of urea groups is 1. The molecule has 1 aliphatic heterocycles. The Balaban J connectivity index is 1.54. The van der Waals surface area contributed by atoms with Crippen molar-refractivity contribution in [3.05, 3.63) is 35.4 Å². The monoisotopic (exact) mass is 358 g/mol. The first-order valence-electron chi connectivity index (χ1n) is 9.10. The number of hydrazine groups is 1. The highest BCUT2D eigenvalue weighted by molar-refractivity contribution is 6.08. The van der Waals surface area contributed by atoms with Gasteiger partial charge in [0.2, 0.25) is 0 Å². The molecule has 0 aromatic heterocycles. The predicted molar refractivity (Wildman–Crippen MR) is 96.8 cm³/mol. The van der Waals surface area contributed by atoms with Gasteiger partial charge >= 0.3 is 6.03 Å². The number of hydrogen-bond donors (Lipinski definition) is 2. The van der Waals surface area contributed by atoms with E-state index in [1.165, 1.54) is 5.56 Å². The Hall–Kier alpha value is -2.41. The fourth-order valence-corrected chi connectivity index (χ4v) is 3.68. The highest BCUT2D eigenvalue weighted by atomic mass is 16.2. The van der Waals surface area contributed by atoms with E-state index in [1.807, 2.05) is 43.1 Å². The van der Waals surface area contributed by atoms with Crippen molar-refractivity contribution in [2.75, 3.05) is 13.6 Å². The van der Waals surface area contributed by atoms with Gasteiger partial charge in [-0.15, -0.1) is 0 Å². The third kappa shape index (κ3) is 3.88. The van der Waals surface area contributed by atoms with E-state index in [2.05, 4.69) is 10.7 Å². The van der Waals surface area contributed by atoms with Crippen LogP contribution in [0.25, 0.3) is 0 Å². The van der Waals surface area contributed by atoms with Gasteiger partial charge in [-0.05, 0) is 32.4 Å². The molecule has 1 spiro atoms. The summed E-state index contributed by atoms with van der Waals surface area (Å²) in [5, 5.41) is 3.64. The number of nitrogens with zero attached hydrogens (tertiary/aromatic N) is 2. The van der Waals surface area contributed by atoms with E-state index < -0.39 is 11.6 Å². The van der Waals surface area contributed by atoms with Crippen LogP contribution >= 0.6 is 0 Å². The Morgan fingerprint density at radius 1 is 1.19 bits per heavy atom. The van der Waals surface area contributed by atoms with Gasteiger partial charge in [-0.3, -0.25) is 19.9 Å². The van der Waals surface area contributed by atoms with E-state index in [0.717, 1.165) is 29.8 Å². The van der Waals surface area contributed by atoms with Crippen LogP contribution in [0.1, 0.15) is 43.2 Å². The highest BCUT2D eigenvalue weighted by Crippen LogP contribution is 2.32. The molecule has 7 heteroatoms. The minimum Gasteiger partial charge on any atom is -0.322 e. The molecule has 2 aliphatic rings. The Morgan fingerprint density at radius 3 is 2.50 bits per heavy atom. The molecule has 4 amide bonds. The van der Waals surface area contributed by atoms with Crippen molar-refractivity contribution in [3.63, 3.8) is 0 Å². The average Bonchev–Trinajstić information content (AvgIpc) is 2.81. The van der Waals surface area contributed by atoms with Crippen molar-refractivity contribution in [2.45, 2.75) is 51.1 Å². The quantitative estimate of drug-likeness (QED) is 0.785. The first kappa shape index (κ1) is 18.4. The van der Waals surface area contributed by atoms with E-state index >= 15 is 0 Å². The standard InChI is InChI=1S/C19H26N4O3/c1-14-6-8-15(9-7-14)12-22(2)13-16(24)21-23-17(25)19(20-18(23)26)10-4-3-5-11-19/h6-9H,3-5,10-13H2,1-2H3,(H,20,26)(H,21,24). The lowest BCUT2D eigenvalue weighted by Gasteiger charge is -2.30. The number of hydrogen-bond acceptors (Lipinski definition) is 4. The molecule has 0 unspecified atom stereocenters. The fourth-order valence-electron chi connectivity index (χ4n) is 3.68. The lowest BCUT2D eigenvalue weighted by Crippen LogP contribution is -2.52. The van der Waals surface area contributed by atoms with Crippen molar-refractivity contribution in [1.29, 1.82) is 0 Å². The molecule has 1 aromatic rings. The van der Waals surface area contributed by atoms with Crippen LogP contribution in [-0.2, 0) is 16.1 Å². The van der Waals surface area contributed by atoms with Crippen LogP contribution in [0.4, 0.5) is 4.79 Å². The summed E-state index contributed by atoms with van der Waals surface area (Å²) in [6.07, 6.45) is 4.16. The molecule has 0 atom stereocenters. The number of carbonyl (C=O) groups is 3. The van der Waals surface area contributed by atoms with Gasteiger partial charge in [-0.1, -0.05) is 49.1 Å². The average molecular weight is 358 g/mol. The molecule has 2 N–H and O–H groups in total. The molecule has 1 saturated carbocycles. The SMILES string of the molecule is Cc1ccc(CN(C)CC(=O)NN2C(=O)NC3(CCCCC3)C2=O)cc1. The van der Waals surface area contributed by atoms with Gasteiger partial charge in [0.25, 0.3) is 11.8 Å². The number of carbonyl (C=O) groups excluding carboxylic acids is 3. The van der Waals surface area contributed by atoms with E-state index in [1.54, 1.807) is 0 Å². The van der Waals surface area contributed by atoms with Gasteiger partial charge in [0, 0.05) is 6.54 Å². The van der Waals surface area contributed by atoms with Crippen LogP contribution < -0.4 is 10.7 Å². The number of rotatable bonds is 5. The summed E-state index contributed by atoms with van der Waals surface area (Å²) in [7, 11) is 1.83. The highest BCUT2D eigenvalue weighted by Gasteiger charge is 2.52. The number of imide groups is 1. The first-order valence-corrected chi connectivity index (χ1v) is 9.10. The van der Waals surface area contributed by atoms with Gasteiger partial charge < -0.3 is 5.32 Å². The molecule has 7 nitrogen and oxygen atoms in total. The zero-order chi connectivity index (χ0) is 18.7. The molecule has 1 aliphatic carbocycles. The topological polar surface area (TPSA) is 81.8 Å². The zero-order valence-corrected chi connectivity index (χ0v) is 15.4. The minimum absolute atomic E-state index is 0.0952. The maximum Gasteiger partial charge on any atom is 0.344 e. The molecule has 3 rings (SSSR count). The van der Waals surface area contributed by atoms with Crippen molar-refractivity contribution in [3.8, 4) is 0 Å². The van der Waals surface area contributed by atoms with Crippen LogP contribution in [0.2, 0.25) is 0 Å².